The van der Waals surface area contributed by atoms with Crippen LogP contribution >= 0.6 is 23.6 Å². The first-order valence-corrected chi connectivity index (χ1v) is 9.33. The third-order valence-corrected chi connectivity index (χ3v) is 5.32. The van der Waals surface area contributed by atoms with E-state index in [1.807, 2.05) is 0 Å². The number of halogens is 2. The molecular weight excluding hydrogens is 303 g/mol. The molecule has 0 heterocycles. The molecule has 0 spiro atoms. The van der Waals surface area contributed by atoms with Crippen LogP contribution in [0.25, 0.3) is 0 Å². The molecule has 0 aliphatic heterocycles. The minimum Gasteiger partial charge on any atom is -0.328 e. The molecule has 0 aromatic carbocycles. The Morgan fingerprint density at radius 2 is 1.29 bits per heavy atom. The maximum atomic E-state index is 5.89. The summed E-state index contributed by atoms with van der Waals surface area (Å²) in [5.41, 5.74) is -0.155. The molecule has 2 nitrogen and oxygen atoms in total. The lowest BCUT2D eigenvalue weighted by molar-refractivity contribution is -0.891. The summed E-state index contributed by atoms with van der Waals surface area (Å²) in [6.45, 7) is 8.80. The van der Waals surface area contributed by atoms with Crippen LogP contribution in [0.15, 0.2) is 0 Å². The summed E-state index contributed by atoms with van der Waals surface area (Å²) < 4.78 is 2.35. The van der Waals surface area contributed by atoms with Gasteiger partial charge in [0.05, 0.1) is 32.7 Å². The van der Waals surface area contributed by atoms with Crippen molar-refractivity contribution >= 4 is 23.6 Å². The Balaban J connectivity index is 3.69. The average molecular weight is 340 g/mol. The van der Waals surface area contributed by atoms with E-state index in [0.717, 1.165) is 17.4 Å². The van der Waals surface area contributed by atoms with E-state index in [9.17, 15) is 0 Å². The fourth-order valence-corrected chi connectivity index (χ4v) is 2.62. The summed E-state index contributed by atoms with van der Waals surface area (Å²) in [5, 5.41) is 0. The first-order valence-electron chi connectivity index (χ1n) is 8.65. The second-order valence-electron chi connectivity index (χ2n) is 7.65. The number of hydrogen-bond donors (Lipinski definition) is 0. The molecule has 0 radical (unpaired) electrons. The van der Waals surface area contributed by atoms with Crippen LogP contribution in [0.4, 0.5) is 0 Å². The van der Waals surface area contributed by atoms with Gasteiger partial charge in [0.25, 0.3) is 0 Å². The second-order valence-corrected chi connectivity index (χ2v) is 8.50. The van der Waals surface area contributed by atoms with Crippen LogP contribution in [-0.4, -0.2) is 41.1 Å². The van der Waals surface area contributed by atoms with Gasteiger partial charge in [-0.15, -0.1) is 3.94 Å². The zero-order valence-corrected chi connectivity index (χ0v) is 16.4. The number of quaternary nitrogens is 1. The van der Waals surface area contributed by atoms with Gasteiger partial charge in [-0.3, -0.25) is 0 Å². The van der Waals surface area contributed by atoms with Gasteiger partial charge in [-0.1, -0.05) is 45.4 Å². The van der Waals surface area contributed by atoms with Gasteiger partial charge in [0, 0.05) is 6.42 Å². The summed E-state index contributed by atoms with van der Waals surface area (Å²) in [5.74, 6) is 0. The van der Waals surface area contributed by atoms with Gasteiger partial charge in [-0.05, 0) is 50.2 Å². The van der Waals surface area contributed by atoms with Gasteiger partial charge in [0.15, 0.2) is 0 Å². The molecule has 128 valence electrons. The molecule has 0 aromatic rings. The van der Waals surface area contributed by atoms with Gasteiger partial charge >= 0.3 is 0 Å². The number of rotatable bonds is 13. The lowest BCUT2D eigenvalue weighted by atomic mass is 10.0. The lowest BCUT2D eigenvalue weighted by Gasteiger charge is -2.35. The van der Waals surface area contributed by atoms with Gasteiger partial charge in [0.1, 0.15) is 0 Å². The van der Waals surface area contributed by atoms with E-state index in [1.165, 1.54) is 61.8 Å². The van der Waals surface area contributed by atoms with Crippen molar-refractivity contribution in [3.8, 4) is 0 Å². The topological polar surface area (TPSA) is 3.24 Å². The monoisotopic (exact) mass is 339 g/mol. The number of unbranched alkanes of at least 4 members (excludes halogenated alkanes) is 7. The Bertz CT molecular complexity index is 253. The molecule has 0 saturated heterocycles. The molecule has 0 aromatic heterocycles. The lowest BCUT2D eigenvalue weighted by Crippen LogP contribution is -2.45. The van der Waals surface area contributed by atoms with Crippen LogP contribution in [0.1, 0.15) is 78.6 Å². The highest BCUT2D eigenvalue weighted by Crippen LogP contribution is 2.24. The first-order chi connectivity index (χ1) is 9.71. The Hall–Kier alpha value is 0.500. The largest absolute Gasteiger partial charge is 0.328 e. The second kappa shape index (κ2) is 11.1. The third kappa shape index (κ3) is 11.7. The van der Waals surface area contributed by atoms with E-state index in [1.54, 1.807) is 0 Å². The van der Waals surface area contributed by atoms with Crippen LogP contribution in [-0.2, 0) is 0 Å². The highest BCUT2D eigenvalue weighted by molar-refractivity contribution is 6.34. The fraction of sp³-hybridized carbons (Fsp3) is 1.00. The van der Waals surface area contributed by atoms with Crippen molar-refractivity contribution in [2.75, 3.05) is 27.2 Å². The van der Waals surface area contributed by atoms with E-state index in [4.69, 9.17) is 23.6 Å². The quantitative estimate of drug-likeness (QED) is 0.226. The molecule has 0 aliphatic carbocycles. The van der Waals surface area contributed by atoms with E-state index < -0.39 is 0 Å². The third-order valence-electron chi connectivity index (χ3n) is 4.40. The molecule has 0 atom stereocenters. The molecule has 0 bridgehead atoms. The molecule has 4 heteroatoms. The summed E-state index contributed by atoms with van der Waals surface area (Å²) in [7, 11) is 4.62. The maximum absolute atomic E-state index is 5.89. The molecule has 0 N–H and O–H groups in total. The summed E-state index contributed by atoms with van der Waals surface area (Å²) in [6, 6.07) is 0. The van der Waals surface area contributed by atoms with Crippen molar-refractivity contribution in [1.29, 1.82) is 0 Å². The molecule has 0 aliphatic rings. The minimum absolute atomic E-state index is 0.155. The molecule has 0 saturated carbocycles. The first kappa shape index (κ1) is 21.5. The Morgan fingerprint density at radius 3 is 1.76 bits per heavy atom. The highest BCUT2D eigenvalue weighted by atomic mass is 35.5. The predicted molar refractivity (Wildman–Crippen MR) is 96.7 cm³/mol. The summed E-state index contributed by atoms with van der Waals surface area (Å²) in [4.78, 5) is 0. The SMILES string of the molecule is CCCCCCCCCC[N+](C)(C)CCC(C)(C)N(Cl)Cl. The average Bonchev–Trinajstić information content (AvgIpc) is 2.40. The molecule has 21 heavy (non-hydrogen) atoms. The number of nitrogens with zero attached hydrogens (tertiary/aromatic N) is 2. The predicted octanol–water partition coefficient (Wildman–Crippen LogP) is 5.98. The van der Waals surface area contributed by atoms with Crippen molar-refractivity contribution in [2.45, 2.75) is 84.1 Å². The molecular formula is C17H37Cl2N2+. The molecule has 0 amide bonds. The van der Waals surface area contributed by atoms with Gasteiger partial charge < -0.3 is 4.48 Å². The van der Waals surface area contributed by atoms with Gasteiger partial charge in [-0.25, -0.2) is 0 Å². The zero-order chi connectivity index (χ0) is 16.4. The van der Waals surface area contributed by atoms with E-state index in [-0.39, 0.29) is 5.54 Å². The van der Waals surface area contributed by atoms with Crippen molar-refractivity contribution in [3.05, 3.63) is 0 Å². The van der Waals surface area contributed by atoms with Crippen molar-refractivity contribution < 1.29 is 4.48 Å². The standard InChI is InChI=1S/C17H37Cl2N2/c1-6-7-8-9-10-11-12-13-15-21(4,5)16-14-17(2,3)20(18)19/h6-16H2,1-5H3/q+1. The highest BCUT2D eigenvalue weighted by Gasteiger charge is 2.28. The van der Waals surface area contributed by atoms with Crippen LogP contribution in [0.3, 0.4) is 0 Å². The van der Waals surface area contributed by atoms with E-state index >= 15 is 0 Å². The Labute approximate surface area is 143 Å². The van der Waals surface area contributed by atoms with E-state index in [2.05, 4.69) is 34.9 Å². The Kier molecular flexibility index (Phi) is 11.4. The van der Waals surface area contributed by atoms with Crippen molar-refractivity contribution in [2.24, 2.45) is 0 Å². The summed E-state index contributed by atoms with van der Waals surface area (Å²) in [6.07, 6.45) is 12.1. The Morgan fingerprint density at radius 1 is 0.810 bits per heavy atom. The van der Waals surface area contributed by atoms with Crippen LogP contribution < -0.4 is 0 Å². The van der Waals surface area contributed by atoms with Gasteiger partial charge in [-0.2, -0.15) is 0 Å². The molecule has 0 fully saturated rings. The zero-order valence-electron chi connectivity index (χ0n) is 14.9. The van der Waals surface area contributed by atoms with Crippen LogP contribution in [0, 0.1) is 0 Å². The fourth-order valence-electron chi connectivity index (χ4n) is 2.45. The summed E-state index contributed by atoms with van der Waals surface area (Å²) >= 11 is 11.8. The minimum atomic E-state index is -0.155. The maximum Gasteiger partial charge on any atom is 0.0801 e. The van der Waals surface area contributed by atoms with Crippen LogP contribution in [0.5, 0.6) is 0 Å². The van der Waals surface area contributed by atoms with E-state index in [0.29, 0.717) is 0 Å². The normalized spacial score (nSPS) is 13.1. The molecule has 0 rings (SSSR count). The molecule has 0 unspecified atom stereocenters. The van der Waals surface area contributed by atoms with Crippen molar-refractivity contribution in [1.82, 2.24) is 3.94 Å². The number of hydrogen-bond acceptors (Lipinski definition) is 1. The smallest absolute Gasteiger partial charge is 0.0801 e. The van der Waals surface area contributed by atoms with Crippen molar-refractivity contribution in [3.63, 3.8) is 0 Å². The van der Waals surface area contributed by atoms with Gasteiger partial charge in [0.2, 0.25) is 0 Å². The van der Waals surface area contributed by atoms with Crippen LogP contribution in [0.2, 0.25) is 0 Å².